The summed E-state index contributed by atoms with van der Waals surface area (Å²) in [4.78, 5) is 11.7. The van der Waals surface area contributed by atoms with Crippen LogP contribution in [0.5, 0.6) is 0 Å². The van der Waals surface area contributed by atoms with Crippen molar-refractivity contribution >= 4 is 5.97 Å². The van der Waals surface area contributed by atoms with E-state index < -0.39 is 0 Å². The van der Waals surface area contributed by atoms with E-state index >= 15 is 0 Å². The third kappa shape index (κ3) is 2.11. The van der Waals surface area contributed by atoms with Gasteiger partial charge < -0.3 is 4.74 Å². The molecule has 86 valence electrons. The largest absolute Gasteiger partial charge is 0.457 e. The summed E-state index contributed by atoms with van der Waals surface area (Å²) in [5.74, 6) is -0.0584. The highest BCUT2D eigenvalue weighted by molar-refractivity contribution is 5.72. The van der Waals surface area contributed by atoms with Gasteiger partial charge in [0.15, 0.2) is 0 Å². The Labute approximate surface area is 96.6 Å². The molecule has 0 saturated heterocycles. The van der Waals surface area contributed by atoms with Crippen molar-refractivity contribution in [3.63, 3.8) is 0 Å². The van der Waals surface area contributed by atoms with E-state index in [2.05, 4.69) is 12.1 Å². The SMILES string of the molecule is CCC(C)C(=O)OC1CCc2ccccc21. The molecule has 1 aliphatic rings. The van der Waals surface area contributed by atoms with Gasteiger partial charge in [0.05, 0.1) is 5.92 Å². The number of hydrogen-bond acceptors (Lipinski definition) is 2. The summed E-state index contributed by atoms with van der Waals surface area (Å²) < 4.78 is 5.55. The number of rotatable bonds is 3. The van der Waals surface area contributed by atoms with Crippen molar-refractivity contribution in [1.29, 1.82) is 0 Å². The Kier molecular flexibility index (Phi) is 3.28. The number of carbonyl (C=O) groups excluding carboxylic acids is 1. The summed E-state index contributed by atoms with van der Waals surface area (Å²) in [6.45, 7) is 3.93. The Morgan fingerprint density at radius 3 is 3.00 bits per heavy atom. The first-order valence-corrected chi connectivity index (χ1v) is 6.00. The van der Waals surface area contributed by atoms with Gasteiger partial charge >= 0.3 is 5.97 Å². The third-order valence-corrected chi connectivity index (χ3v) is 3.35. The number of benzene rings is 1. The highest BCUT2D eigenvalue weighted by Gasteiger charge is 2.26. The van der Waals surface area contributed by atoms with Crippen LogP contribution >= 0.6 is 0 Å². The fraction of sp³-hybridized carbons (Fsp3) is 0.500. The van der Waals surface area contributed by atoms with E-state index in [4.69, 9.17) is 4.74 Å². The average molecular weight is 218 g/mol. The first kappa shape index (κ1) is 11.2. The Morgan fingerprint density at radius 2 is 2.25 bits per heavy atom. The van der Waals surface area contributed by atoms with Crippen molar-refractivity contribution in [3.8, 4) is 0 Å². The Bertz CT molecular complexity index is 384. The Morgan fingerprint density at radius 1 is 1.50 bits per heavy atom. The maximum Gasteiger partial charge on any atom is 0.309 e. The molecule has 2 unspecified atom stereocenters. The van der Waals surface area contributed by atoms with E-state index in [0.29, 0.717) is 0 Å². The van der Waals surface area contributed by atoms with Crippen LogP contribution in [0.15, 0.2) is 24.3 Å². The maximum absolute atomic E-state index is 11.7. The molecule has 2 heteroatoms. The number of carbonyl (C=O) groups is 1. The molecule has 2 rings (SSSR count). The summed E-state index contributed by atoms with van der Waals surface area (Å²) in [5, 5.41) is 0. The van der Waals surface area contributed by atoms with Crippen LogP contribution < -0.4 is 0 Å². The fourth-order valence-electron chi connectivity index (χ4n) is 2.06. The molecule has 1 aromatic carbocycles. The maximum atomic E-state index is 11.7. The molecule has 0 aliphatic heterocycles. The standard InChI is InChI=1S/C14H18O2/c1-3-10(2)14(15)16-13-9-8-11-6-4-5-7-12(11)13/h4-7,10,13H,3,8-9H2,1-2H3. The van der Waals surface area contributed by atoms with E-state index in [1.54, 1.807) is 0 Å². The lowest BCUT2D eigenvalue weighted by Crippen LogP contribution is -2.16. The zero-order chi connectivity index (χ0) is 11.5. The van der Waals surface area contributed by atoms with Crippen LogP contribution in [-0.2, 0) is 16.0 Å². The molecule has 0 N–H and O–H groups in total. The molecule has 0 aromatic heterocycles. The van der Waals surface area contributed by atoms with Gasteiger partial charge in [-0.2, -0.15) is 0 Å². The monoisotopic (exact) mass is 218 g/mol. The van der Waals surface area contributed by atoms with E-state index in [1.807, 2.05) is 26.0 Å². The van der Waals surface area contributed by atoms with Crippen molar-refractivity contribution in [2.24, 2.45) is 5.92 Å². The van der Waals surface area contributed by atoms with Crippen LogP contribution in [0, 0.1) is 5.92 Å². The quantitative estimate of drug-likeness (QED) is 0.728. The molecule has 2 atom stereocenters. The molecule has 0 saturated carbocycles. The van der Waals surface area contributed by atoms with E-state index in [9.17, 15) is 4.79 Å². The van der Waals surface area contributed by atoms with Gasteiger partial charge in [-0.1, -0.05) is 38.1 Å². The smallest absolute Gasteiger partial charge is 0.309 e. The van der Waals surface area contributed by atoms with Gasteiger partial charge in [-0.25, -0.2) is 0 Å². The lowest BCUT2D eigenvalue weighted by atomic mass is 10.1. The first-order valence-electron chi connectivity index (χ1n) is 6.00. The Balaban J connectivity index is 2.06. The molecule has 0 spiro atoms. The van der Waals surface area contributed by atoms with Crippen molar-refractivity contribution in [1.82, 2.24) is 0 Å². The third-order valence-electron chi connectivity index (χ3n) is 3.35. The fourth-order valence-corrected chi connectivity index (χ4v) is 2.06. The topological polar surface area (TPSA) is 26.3 Å². The van der Waals surface area contributed by atoms with Crippen molar-refractivity contribution in [2.75, 3.05) is 0 Å². The highest BCUT2D eigenvalue weighted by Crippen LogP contribution is 2.34. The van der Waals surface area contributed by atoms with Gasteiger partial charge in [0.2, 0.25) is 0 Å². The van der Waals surface area contributed by atoms with Gasteiger partial charge in [0.25, 0.3) is 0 Å². The highest BCUT2D eigenvalue weighted by atomic mass is 16.5. The number of hydrogen-bond donors (Lipinski definition) is 0. The predicted octanol–water partition coefficient (Wildman–Crippen LogP) is 3.26. The van der Waals surface area contributed by atoms with Gasteiger partial charge in [0.1, 0.15) is 6.10 Å². The van der Waals surface area contributed by atoms with Crippen molar-refractivity contribution < 1.29 is 9.53 Å². The summed E-state index contributed by atoms with van der Waals surface area (Å²) in [7, 11) is 0. The normalized spacial score (nSPS) is 20.2. The zero-order valence-electron chi connectivity index (χ0n) is 9.90. The lowest BCUT2D eigenvalue weighted by molar-refractivity contribution is -0.153. The van der Waals surface area contributed by atoms with Crippen LogP contribution in [0.1, 0.15) is 43.9 Å². The molecule has 0 bridgehead atoms. The second-order valence-corrected chi connectivity index (χ2v) is 4.47. The molecule has 1 aliphatic carbocycles. The molecule has 16 heavy (non-hydrogen) atoms. The minimum atomic E-state index is -0.0656. The van der Waals surface area contributed by atoms with Crippen LogP contribution in [0.2, 0.25) is 0 Å². The van der Waals surface area contributed by atoms with Crippen molar-refractivity contribution in [3.05, 3.63) is 35.4 Å². The molecular formula is C14H18O2. The van der Waals surface area contributed by atoms with Crippen LogP contribution in [0.4, 0.5) is 0 Å². The molecule has 0 fully saturated rings. The molecule has 1 aromatic rings. The minimum Gasteiger partial charge on any atom is -0.457 e. The van der Waals surface area contributed by atoms with Gasteiger partial charge in [-0.3, -0.25) is 4.79 Å². The van der Waals surface area contributed by atoms with Crippen LogP contribution in [-0.4, -0.2) is 5.97 Å². The Hall–Kier alpha value is -1.31. The summed E-state index contributed by atoms with van der Waals surface area (Å²) in [6, 6.07) is 8.23. The molecule has 2 nitrogen and oxygen atoms in total. The zero-order valence-corrected chi connectivity index (χ0v) is 9.90. The van der Waals surface area contributed by atoms with Crippen LogP contribution in [0.25, 0.3) is 0 Å². The van der Waals surface area contributed by atoms with E-state index in [-0.39, 0.29) is 18.0 Å². The van der Waals surface area contributed by atoms with Crippen LogP contribution in [0.3, 0.4) is 0 Å². The van der Waals surface area contributed by atoms with E-state index in [1.165, 1.54) is 11.1 Å². The molecule has 0 radical (unpaired) electrons. The van der Waals surface area contributed by atoms with Gasteiger partial charge in [-0.05, 0) is 30.4 Å². The average Bonchev–Trinajstić information content (AvgIpc) is 2.72. The number of aryl methyl sites for hydroxylation is 1. The minimum absolute atomic E-state index is 0.00719. The second kappa shape index (κ2) is 4.69. The predicted molar refractivity (Wildman–Crippen MR) is 63.1 cm³/mol. The van der Waals surface area contributed by atoms with Crippen molar-refractivity contribution in [2.45, 2.75) is 39.2 Å². The summed E-state index contributed by atoms with van der Waals surface area (Å²) >= 11 is 0. The van der Waals surface area contributed by atoms with E-state index in [0.717, 1.165) is 19.3 Å². The summed E-state index contributed by atoms with van der Waals surface area (Å²) in [6.07, 6.45) is 2.78. The first-order chi connectivity index (χ1) is 7.72. The van der Waals surface area contributed by atoms with Gasteiger partial charge in [-0.15, -0.1) is 0 Å². The van der Waals surface area contributed by atoms with Gasteiger partial charge in [0, 0.05) is 0 Å². The summed E-state index contributed by atoms with van der Waals surface area (Å²) in [5.41, 5.74) is 2.52. The molecule has 0 heterocycles. The molecule has 0 amide bonds. The lowest BCUT2D eigenvalue weighted by Gasteiger charge is -2.16. The number of fused-ring (bicyclic) bond motifs is 1. The number of ether oxygens (including phenoxy) is 1. The second-order valence-electron chi connectivity index (χ2n) is 4.47. The number of esters is 1. The molecular weight excluding hydrogens is 200 g/mol.